The molecule has 0 aromatic carbocycles. The molecular weight excluding hydrogens is 160 g/mol. The lowest BCUT2D eigenvalue weighted by molar-refractivity contribution is 0.466. The van der Waals surface area contributed by atoms with Crippen LogP contribution in [0.1, 0.15) is 37.4 Å². The molecule has 0 aliphatic heterocycles. The number of hydrogen-bond acceptors (Lipinski definition) is 2. The van der Waals surface area contributed by atoms with Gasteiger partial charge in [0.1, 0.15) is 6.33 Å². The molecule has 1 aliphatic rings. The van der Waals surface area contributed by atoms with Gasteiger partial charge in [-0.3, -0.25) is 0 Å². The molecule has 1 aliphatic carbocycles. The zero-order valence-corrected chi connectivity index (χ0v) is 8.16. The monoisotopic (exact) mass is 176 g/mol. The molecule has 2 nitrogen and oxygen atoms in total. The van der Waals surface area contributed by atoms with Gasteiger partial charge in [-0.2, -0.15) is 0 Å². The van der Waals surface area contributed by atoms with Crippen LogP contribution in [0.15, 0.2) is 12.5 Å². The zero-order chi connectivity index (χ0) is 9.10. The summed E-state index contributed by atoms with van der Waals surface area (Å²) in [5, 5.41) is 0. The summed E-state index contributed by atoms with van der Waals surface area (Å²) in [4.78, 5) is 8.43. The molecule has 0 amide bonds. The number of hydrogen-bond donors (Lipinski definition) is 0. The predicted molar refractivity (Wildman–Crippen MR) is 52.5 cm³/mol. The Hall–Kier alpha value is -0.920. The van der Waals surface area contributed by atoms with Crippen molar-refractivity contribution < 1.29 is 0 Å². The van der Waals surface area contributed by atoms with Gasteiger partial charge in [0, 0.05) is 11.9 Å². The standard InChI is InChI=1S/C11H16N2/c1-2-9-4-3-5-11-10(6-9)7-12-8-13-11/h7-9H,2-6H2,1H3. The molecule has 0 saturated carbocycles. The Kier molecular flexibility index (Phi) is 2.57. The SMILES string of the molecule is CCC1CCCc2ncncc2C1. The van der Waals surface area contributed by atoms with Crippen molar-refractivity contribution in [2.75, 3.05) is 0 Å². The largest absolute Gasteiger partial charge is 0.245 e. The van der Waals surface area contributed by atoms with Crippen molar-refractivity contribution in [2.24, 2.45) is 5.92 Å². The molecule has 0 saturated heterocycles. The summed E-state index contributed by atoms with van der Waals surface area (Å²) >= 11 is 0. The number of nitrogens with zero attached hydrogens (tertiary/aromatic N) is 2. The van der Waals surface area contributed by atoms with Gasteiger partial charge in [-0.25, -0.2) is 9.97 Å². The first-order chi connectivity index (χ1) is 6.40. The van der Waals surface area contributed by atoms with E-state index in [9.17, 15) is 0 Å². The van der Waals surface area contributed by atoms with Crippen molar-refractivity contribution in [3.05, 3.63) is 23.8 Å². The average Bonchev–Trinajstić information content (AvgIpc) is 2.38. The lowest BCUT2D eigenvalue weighted by atomic mass is 9.96. The molecule has 2 rings (SSSR count). The quantitative estimate of drug-likeness (QED) is 0.614. The summed E-state index contributed by atoms with van der Waals surface area (Å²) < 4.78 is 0. The number of rotatable bonds is 1. The van der Waals surface area contributed by atoms with Gasteiger partial charge in [0.25, 0.3) is 0 Å². The van der Waals surface area contributed by atoms with Gasteiger partial charge in [-0.05, 0) is 37.2 Å². The molecule has 0 N–H and O–H groups in total. The minimum atomic E-state index is 0.854. The molecule has 2 heteroatoms. The highest BCUT2D eigenvalue weighted by Gasteiger charge is 2.15. The predicted octanol–water partition coefficient (Wildman–Crippen LogP) is 2.38. The highest BCUT2D eigenvalue weighted by atomic mass is 14.8. The Labute approximate surface area is 79.4 Å². The van der Waals surface area contributed by atoms with Crippen LogP contribution < -0.4 is 0 Å². The molecule has 1 aromatic heterocycles. The van der Waals surface area contributed by atoms with E-state index in [1.54, 1.807) is 6.33 Å². The Morgan fingerprint density at radius 3 is 3.31 bits per heavy atom. The van der Waals surface area contributed by atoms with E-state index in [0.29, 0.717) is 0 Å². The van der Waals surface area contributed by atoms with Gasteiger partial charge in [0.2, 0.25) is 0 Å². The number of aromatic nitrogens is 2. The summed E-state index contributed by atoms with van der Waals surface area (Å²) in [6, 6.07) is 0. The Morgan fingerprint density at radius 1 is 1.54 bits per heavy atom. The molecule has 0 radical (unpaired) electrons. The summed E-state index contributed by atoms with van der Waals surface area (Å²) in [5.41, 5.74) is 2.66. The topological polar surface area (TPSA) is 25.8 Å². The molecule has 70 valence electrons. The van der Waals surface area contributed by atoms with Gasteiger partial charge in [-0.1, -0.05) is 13.3 Å². The van der Waals surface area contributed by atoms with Gasteiger partial charge < -0.3 is 0 Å². The fraction of sp³-hybridized carbons (Fsp3) is 0.636. The highest BCUT2D eigenvalue weighted by Crippen LogP contribution is 2.24. The van der Waals surface area contributed by atoms with Crippen LogP contribution in [0.4, 0.5) is 0 Å². The normalized spacial score (nSPS) is 22.1. The van der Waals surface area contributed by atoms with E-state index in [4.69, 9.17) is 0 Å². The maximum absolute atomic E-state index is 4.34. The van der Waals surface area contributed by atoms with Crippen LogP contribution in [0.5, 0.6) is 0 Å². The van der Waals surface area contributed by atoms with Crippen molar-refractivity contribution in [3.63, 3.8) is 0 Å². The molecule has 1 atom stereocenters. The number of aryl methyl sites for hydroxylation is 1. The van der Waals surface area contributed by atoms with Gasteiger partial charge in [0.05, 0.1) is 0 Å². The van der Waals surface area contributed by atoms with E-state index in [0.717, 1.165) is 12.3 Å². The van der Waals surface area contributed by atoms with Crippen molar-refractivity contribution in [2.45, 2.75) is 39.0 Å². The van der Waals surface area contributed by atoms with E-state index in [-0.39, 0.29) is 0 Å². The van der Waals surface area contributed by atoms with Crippen LogP contribution in [0.3, 0.4) is 0 Å². The molecule has 13 heavy (non-hydrogen) atoms. The lowest BCUT2D eigenvalue weighted by Crippen LogP contribution is -2.02. The van der Waals surface area contributed by atoms with Gasteiger partial charge in [-0.15, -0.1) is 0 Å². The van der Waals surface area contributed by atoms with Crippen LogP contribution >= 0.6 is 0 Å². The van der Waals surface area contributed by atoms with E-state index >= 15 is 0 Å². The second-order valence-electron chi connectivity index (χ2n) is 3.87. The van der Waals surface area contributed by atoms with Crippen LogP contribution in [-0.2, 0) is 12.8 Å². The van der Waals surface area contributed by atoms with E-state index in [1.807, 2.05) is 6.20 Å². The smallest absolute Gasteiger partial charge is 0.115 e. The fourth-order valence-corrected chi connectivity index (χ4v) is 2.10. The Balaban J connectivity index is 2.23. The Morgan fingerprint density at radius 2 is 2.46 bits per heavy atom. The van der Waals surface area contributed by atoms with Crippen LogP contribution in [0, 0.1) is 5.92 Å². The van der Waals surface area contributed by atoms with Crippen molar-refractivity contribution in [1.82, 2.24) is 9.97 Å². The van der Waals surface area contributed by atoms with Crippen molar-refractivity contribution >= 4 is 0 Å². The third kappa shape index (κ3) is 1.87. The van der Waals surface area contributed by atoms with Crippen LogP contribution in [0.2, 0.25) is 0 Å². The second-order valence-corrected chi connectivity index (χ2v) is 3.87. The third-order valence-corrected chi connectivity index (χ3v) is 2.99. The fourth-order valence-electron chi connectivity index (χ4n) is 2.10. The molecule has 1 unspecified atom stereocenters. The molecule has 1 heterocycles. The first kappa shape index (κ1) is 8.67. The summed E-state index contributed by atoms with van der Waals surface area (Å²) in [6.45, 7) is 2.28. The second kappa shape index (κ2) is 3.86. The first-order valence-electron chi connectivity index (χ1n) is 5.18. The third-order valence-electron chi connectivity index (χ3n) is 2.99. The molecule has 0 spiro atoms. The van der Waals surface area contributed by atoms with Crippen molar-refractivity contribution in [1.29, 1.82) is 0 Å². The van der Waals surface area contributed by atoms with Crippen molar-refractivity contribution in [3.8, 4) is 0 Å². The molecule has 0 fully saturated rings. The molecule has 0 bridgehead atoms. The summed E-state index contributed by atoms with van der Waals surface area (Å²) in [7, 11) is 0. The van der Waals surface area contributed by atoms with Gasteiger partial charge in [0.15, 0.2) is 0 Å². The summed E-state index contributed by atoms with van der Waals surface area (Å²) in [5.74, 6) is 0.854. The minimum absolute atomic E-state index is 0.854. The molecular formula is C11H16N2. The first-order valence-corrected chi connectivity index (χ1v) is 5.18. The minimum Gasteiger partial charge on any atom is -0.245 e. The zero-order valence-electron chi connectivity index (χ0n) is 8.16. The average molecular weight is 176 g/mol. The number of fused-ring (bicyclic) bond motifs is 1. The van der Waals surface area contributed by atoms with Crippen LogP contribution in [0.25, 0.3) is 0 Å². The van der Waals surface area contributed by atoms with E-state index in [1.165, 1.54) is 36.9 Å². The van der Waals surface area contributed by atoms with E-state index in [2.05, 4.69) is 16.9 Å². The Bertz CT molecular complexity index is 283. The van der Waals surface area contributed by atoms with Gasteiger partial charge >= 0.3 is 0 Å². The molecule has 1 aromatic rings. The lowest BCUT2D eigenvalue weighted by Gasteiger charge is -2.10. The van der Waals surface area contributed by atoms with Crippen LogP contribution in [-0.4, -0.2) is 9.97 Å². The van der Waals surface area contributed by atoms with E-state index < -0.39 is 0 Å². The highest BCUT2D eigenvalue weighted by molar-refractivity contribution is 5.18. The maximum atomic E-state index is 4.34. The maximum Gasteiger partial charge on any atom is 0.115 e. The summed E-state index contributed by atoms with van der Waals surface area (Å²) in [6.07, 6.45) is 9.94.